The predicted octanol–water partition coefficient (Wildman–Crippen LogP) is 2.14. The standard InChI is InChI=1S/C21H26FN5O/c1-26(12-15-3-5-17(22)6-4-15)13-18(28)27-10-2-8-21(14-27)9-7-16-11-24-20(23)25-19(16)21/h3-6,11H,2,7-10,12-14H2,1H3,(H2,23,24,25). The zero-order valence-electron chi connectivity index (χ0n) is 16.2. The monoisotopic (exact) mass is 383 g/mol. The molecule has 1 atom stereocenters. The van der Waals surface area contributed by atoms with Crippen LogP contribution >= 0.6 is 0 Å². The van der Waals surface area contributed by atoms with E-state index >= 15 is 0 Å². The number of rotatable bonds is 4. The number of hydrogen-bond donors (Lipinski definition) is 1. The maximum atomic E-state index is 13.1. The summed E-state index contributed by atoms with van der Waals surface area (Å²) >= 11 is 0. The van der Waals surface area contributed by atoms with E-state index < -0.39 is 0 Å². The molecule has 2 heterocycles. The fourth-order valence-corrected chi connectivity index (χ4v) is 4.59. The number of halogens is 1. The number of anilines is 1. The summed E-state index contributed by atoms with van der Waals surface area (Å²) in [6.07, 6.45) is 5.78. The normalized spacial score (nSPS) is 21.3. The lowest BCUT2D eigenvalue weighted by molar-refractivity contribution is -0.134. The molecule has 1 aliphatic carbocycles. The number of fused-ring (bicyclic) bond motifs is 2. The number of hydrogen-bond acceptors (Lipinski definition) is 5. The highest BCUT2D eigenvalue weighted by Crippen LogP contribution is 2.44. The molecule has 0 bridgehead atoms. The number of likely N-dealkylation sites (N-methyl/N-ethyl adjacent to an activating group) is 1. The second-order valence-corrected chi connectivity index (χ2v) is 8.10. The topological polar surface area (TPSA) is 75.4 Å². The van der Waals surface area contributed by atoms with Gasteiger partial charge in [-0.25, -0.2) is 14.4 Å². The molecule has 28 heavy (non-hydrogen) atoms. The number of nitrogens with two attached hydrogens (primary N) is 1. The Morgan fingerprint density at radius 1 is 1.32 bits per heavy atom. The van der Waals surface area contributed by atoms with E-state index in [1.807, 2.05) is 23.0 Å². The molecule has 2 aromatic rings. The molecule has 0 radical (unpaired) electrons. The Labute approximate surface area is 164 Å². The van der Waals surface area contributed by atoms with Gasteiger partial charge in [0.1, 0.15) is 5.82 Å². The van der Waals surface area contributed by atoms with Crippen LogP contribution in [0.1, 0.15) is 36.1 Å². The van der Waals surface area contributed by atoms with Crippen molar-refractivity contribution in [3.63, 3.8) is 0 Å². The van der Waals surface area contributed by atoms with E-state index in [4.69, 9.17) is 5.73 Å². The third-order valence-corrected chi connectivity index (χ3v) is 5.96. The second-order valence-electron chi connectivity index (χ2n) is 8.10. The van der Waals surface area contributed by atoms with Crippen LogP contribution < -0.4 is 5.73 Å². The molecule has 1 aromatic carbocycles. The number of carbonyl (C=O) groups excluding carboxylic acids is 1. The van der Waals surface area contributed by atoms with Crippen LogP contribution in [0.5, 0.6) is 0 Å². The van der Waals surface area contributed by atoms with Crippen molar-refractivity contribution >= 4 is 11.9 Å². The molecule has 4 rings (SSSR count). The average Bonchev–Trinajstić information content (AvgIpc) is 3.01. The van der Waals surface area contributed by atoms with E-state index in [9.17, 15) is 9.18 Å². The first kappa shape index (κ1) is 18.8. The van der Waals surface area contributed by atoms with Crippen LogP contribution in [0.3, 0.4) is 0 Å². The van der Waals surface area contributed by atoms with Gasteiger partial charge in [0.25, 0.3) is 0 Å². The lowest BCUT2D eigenvalue weighted by Gasteiger charge is -2.41. The summed E-state index contributed by atoms with van der Waals surface area (Å²) in [5.74, 6) is 0.184. The fourth-order valence-electron chi connectivity index (χ4n) is 4.59. The van der Waals surface area contributed by atoms with Crippen molar-refractivity contribution in [3.05, 3.63) is 53.1 Å². The summed E-state index contributed by atoms with van der Waals surface area (Å²) in [5, 5.41) is 0. The summed E-state index contributed by atoms with van der Waals surface area (Å²) in [6, 6.07) is 6.41. The van der Waals surface area contributed by atoms with E-state index in [1.165, 1.54) is 12.1 Å². The Bertz CT molecular complexity index is 868. The number of amides is 1. The third kappa shape index (κ3) is 3.71. The number of aromatic nitrogens is 2. The fraction of sp³-hybridized carbons (Fsp3) is 0.476. The second kappa shape index (κ2) is 7.47. The van der Waals surface area contributed by atoms with Crippen molar-refractivity contribution in [1.29, 1.82) is 0 Å². The highest BCUT2D eigenvalue weighted by atomic mass is 19.1. The third-order valence-electron chi connectivity index (χ3n) is 5.96. The molecule has 1 fully saturated rings. The first-order valence-corrected chi connectivity index (χ1v) is 9.78. The molecule has 1 unspecified atom stereocenters. The van der Waals surface area contributed by atoms with E-state index in [2.05, 4.69) is 9.97 Å². The summed E-state index contributed by atoms with van der Waals surface area (Å²) in [6.45, 7) is 2.42. The number of carbonyl (C=O) groups is 1. The minimum atomic E-state index is -0.248. The maximum Gasteiger partial charge on any atom is 0.236 e. The zero-order chi connectivity index (χ0) is 19.7. The molecule has 2 N–H and O–H groups in total. The Balaban J connectivity index is 1.42. The van der Waals surface area contributed by atoms with E-state index in [0.29, 0.717) is 25.6 Å². The number of nitrogen functional groups attached to an aromatic ring is 1. The Morgan fingerprint density at radius 3 is 2.89 bits per heavy atom. The van der Waals surface area contributed by atoms with Gasteiger partial charge in [-0.3, -0.25) is 9.69 Å². The quantitative estimate of drug-likeness (QED) is 0.875. The molecule has 6 nitrogen and oxygen atoms in total. The van der Waals surface area contributed by atoms with E-state index in [0.717, 1.165) is 49.0 Å². The van der Waals surface area contributed by atoms with Crippen LogP contribution in [0.25, 0.3) is 0 Å². The SMILES string of the molecule is CN(CC(=O)N1CCCC2(CCc3cnc(N)nc32)C1)Cc1ccc(F)cc1. The molecule has 2 aliphatic rings. The Hall–Kier alpha value is -2.54. The summed E-state index contributed by atoms with van der Waals surface area (Å²) in [5.41, 5.74) is 8.94. The molecule has 148 valence electrons. The van der Waals surface area contributed by atoms with Crippen molar-refractivity contribution in [2.75, 3.05) is 32.4 Å². The first-order valence-electron chi connectivity index (χ1n) is 9.78. The van der Waals surface area contributed by atoms with Crippen molar-refractivity contribution in [1.82, 2.24) is 19.8 Å². The summed E-state index contributed by atoms with van der Waals surface area (Å²) in [7, 11) is 1.92. The number of benzene rings is 1. The van der Waals surface area contributed by atoms with Gasteiger partial charge >= 0.3 is 0 Å². The van der Waals surface area contributed by atoms with Crippen LogP contribution in [-0.4, -0.2) is 52.4 Å². The van der Waals surface area contributed by atoms with Crippen LogP contribution in [0, 0.1) is 5.82 Å². The van der Waals surface area contributed by atoms with Crippen molar-refractivity contribution in [2.45, 2.75) is 37.6 Å². The molecule has 1 aromatic heterocycles. The number of aryl methyl sites for hydroxylation is 1. The van der Waals surface area contributed by atoms with Gasteiger partial charge in [-0.15, -0.1) is 0 Å². The van der Waals surface area contributed by atoms with Crippen molar-refractivity contribution < 1.29 is 9.18 Å². The van der Waals surface area contributed by atoms with Crippen molar-refractivity contribution in [3.8, 4) is 0 Å². The van der Waals surface area contributed by atoms with Gasteiger partial charge in [0, 0.05) is 31.2 Å². The van der Waals surface area contributed by atoms with Crippen LogP contribution in [-0.2, 0) is 23.2 Å². The number of nitrogens with zero attached hydrogens (tertiary/aromatic N) is 4. The van der Waals surface area contributed by atoms with Crippen molar-refractivity contribution in [2.24, 2.45) is 0 Å². The molecule has 1 amide bonds. The van der Waals surface area contributed by atoms with Gasteiger partial charge in [-0.05, 0) is 56.0 Å². The average molecular weight is 383 g/mol. The largest absolute Gasteiger partial charge is 0.368 e. The smallest absolute Gasteiger partial charge is 0.236 e. The lowest BCUT2D eigenvalue weighted by atomic mass is 9.77. The van der Waals surface area contributed by atoms with Crippen LogP contribution in [0.15, 0.2) is 30.5 Å². The minimum absolute atomic E-state index is 0.0875. The molecule has 1 aliphatic heterocycles. The maximum absolute atomic E-state index is 13.1. The number of piperidine rings is 1. The highest BCUT2D eigenvalue weighted by molar-refractivity contribution is 5.78. The lowest BCUT2D eigenvalue weighted by Crippen LogP contribution is -2.50. The zero-order valence-corrected chi connectivity index (χ0v) is 16.2. The molecular weight excluding hydrogens is 357 g/mol. The molecule has 0 saturated carbocycles. The number of likely N-dealkylation sites (tertiary alicyclic amines) is 1. The molecule has 1 spiro atoms. The van der Waals surface area contributed by atoms with Gasteiger partial charge in [-0.2, -0.15) is 0 Å². The molecular formula is C21H26FN5O. The summed E-state index contributed by atoms with van der Waals surface area (Å²) < 4.78 is 13.1. The summed E-state index contributed by atoms with van der Waals surface area (Å²) in [4.78, 5) is 25.5. The molecule has 1 saturated heterocycles. The van der Waals surface area contributed by atoms with E-state index in [1.54, 1.807) is 12.1 Å². The Morgan fingerprint density at radius 2 is 2.11 bits per heavy atom. The van der Waals surface area contributed by atoms with Gasteiger partial charge in [0.2, 0.25) is 11.9 Å². The highest BCUT2D eigenvalue weighted by Gasteiger charge is 2.44. The predicted molar refractivity (Wildman–Crippen MR) is 105 cm³/mol. The van der Waals surface area contributed by atoms with Gasteiger partial charge in [-0.1, -0.05) is 12.1 Å². The molecule has 7 heteroatoms. The van der Waals surface area contributed by atoms with Gasteiger partial charge < -0.3 is 10.6 Å². The van der Waals surface area contributed by atoms with Crippen LogP contribution in [0.2, 0.25) is 0 Å². The van der Waals surface area contributed by atoms with E-state index in [-0.39, 0.29) is 17.1 Å². The van der Waals surface area contributed by atoms with Crippen LogP contribution in [0.4, 0.5) is 10.3 Å². The van der Waals surface area contributed by atoms with Gasteiger partial charge in [0.15, 0.2) is 0 Å². The minimum Gasteiger partial charge on any atom is -0.368 e. The van der Waals surface area contributed by atoms with Gasteiger partial charge in [0.05, 0.1) is 12.2 Å². The Kier molecular flexibility index (Phi) is 5.02. The first-order chi connectivity index (χ1) is 13.4.